The third-order valence-corrected chi connectivity index (χ3v) is 2.33. The quantitative estimate of drug-likeness (QED) is 0.879. The van der Waals surface area contributed by atoms with Gasteiger partial charge in [0.15, 0.2) is 0 Å². The molecule has 0 aliphatic carbocycles. The van der Waals surface area contributed by atoms with Crippen molar-refractivity contribution < 1.29 is 9.47 Å². The zero-order valence-electron chi connectivity index (χ0n) is 9.37. The largest absolute Gasteiger partial charge is 0.495 e. The monoisotopic (exact) mass is 240 g/mol. The van der Waals surface area contributed by atoms with Crippen LogP contribution in [0.5, 0.6) is 11.5 Å². The molecule has 1 aromatic rings. The molecule has 1 atom stereocenters. The Morgan fingerprint density at radius 3 is 2.44 bits per heavy atom. The van der Waals surface area contributed by atoms with E-state index in [1.165, 1.54) is 7.11 Å². The van der Waals surface area contributed by atoms with E-state index >= 15 is 0 Å². The summed E-state index contributed by atoms with van der Waals surface area (Å²) in [4.78, 5) is 0. The van der Waals surface area contributed by atoms with E-state index in [0.29, 0.717) is 22.2 Å². The van der Waals surface area contributed by atoms with Crippen LogP contribution in [0, 0.1) is 11.3 Å². The van der Waals surface area contributed by atoms with Crippen LogP contribution >= 0.6 is 11.6 Å². The maximum Gasteiger partial charge on any atom is 0.143 e. The second kappa shape index (κ2) is 5.47. The Balaban J connectivity index is 3.10. The lowest BCUT2D eigenvalue weighted by Gasteiger charge is -2.14. The van der Waals surface area contributed by atoms with Crippen molar-refractivity contribution in [1.82, 2.24) is 0 Å². The SMILES string of the molecule is COc1cc(NC(C)C#N)c(OC)cc1Cl. The molecular weight excluding hydrogens is 228 g/mol. The van der Waals surface area contributed by atoms with Gasteiger partial charge in [-0.25, -0.2) is 0 Å². The lowest BCUT2D eigenvalue weighted by molar-refractivity contribution is 0.404. The standard InChI is InChI=1S/C11H13ClN2O2/c1-7(6-13)14-9-5-10(15-2)8(12)4-11(9)16-3/h4-5,7,14H,1-3H3. The van der Waals surface area contributed by atoms with Crippen LogP contribution in [0.2, 0.25) is 5.02 Å². The van der Waals surface area contributed by atoms with Crippen molar-refractivity contribution in [3.05, 3.63) is 17.2 Å². The predicted molar refractivity (Wildman–Crippen MR) is 63.3 cm³/mol. The Labute approximate surface area is 99.7 Å². The van der Waals surface area contributed by atoms with Crippen LogP contribution in [0.15, 0.2) is 12.1 Å². The van der Waals surface area contributed by atoms with Crippen LogP contribution < -0.4 is 14.8 Å². The molecule has 5 heteroatoms. The fourth-order valence-electron chi connectivity index (χ4n) is 1.24. The van der Waals surface area contributed by atoms with Gasteiger partial charge in [-0.3, -0.25) is 0 Å². The lowest BCUT2D eigenvalue weighted by Crippen LogP contribution is -2.12. The number of hydrogen-bond donors (Lipinski definition) is 1. The number of methoxy groups -OCH3 is 2. The maximum atomic E-state index is 8.73. The van der Waals surface area contributed by atoms with E-state index in [9.17, 15) is 0 Å². The van der Waals surface area contributed by atoms with E-state index in [0.717, 1.165) is 0 Å². The molecule has 0 fully saturated rings. The summed E-state index contributed by atoms with van der Waals surface area (Å²) in [5, 5.41) is 12.2. The molecule has 0 aromatic heterocycles. The minimum absolute atomic E-state index is 0.320. The number of nitriles is 1. The molecule has 0 heterocycles. The molecule has 1 unspecified atom stereocenters. The number of nitrogens with zero attached hydrogens (tertiary/aromatic N) is 1. The second-order valence-electron chi connectivity index (χ2n) is 3.18. The normalized spacial score (nSPS) is 11.4. The minimum Gasteiger partial charge on any atom is -0.495 e. The van der Waals surface area contributed by atoms with E-state index in [1.54, 1.807) is 26.2 Å². The highest BCUT2D eigenvalue weighted by Crippen LogP contribution is 2.36. The molecule has 0 amide bonds. The summed E-state index contributed by atoms with van der Waals surface area (Å²) in [6, 6.07) is 5.11. The first kappa shape index (κ1) is 12.5. The molecule has 16 heavy (non-hydrogen) atoms. The van der Waals surface area contributed by atoms with Crippen LogP contribution in [0.4, 0.5) is 5.69 Å². The smallest absolute Gasteiger partial charge is 0.143 e. The van der Waals surface area contributed by atoms with Crippen LogP contribution in [0.1, 0.15) is 6.92 Å². The molecule has 0 aliphatic rings. The molecule has 0 saturated carbocycles. The molecule has 0 radical (unpaired) electrons. The molecule has 0 spiro atoms. The van der Waals surface area contributed by atoms with Crippen LogP contribution in [0.25, 0.3) is 0 Å². The zero-order valence-corrected chi connectivity index (χ0v) is 10.1. The number of ether oxygens (including phenoxy) is 2. The van der Waals surface area contributed by atoms with Crippen molar-refractivity contribution in [1.29, 1.82) is 5.26 Å². The van der Waals surface area contributed by atoms with Gasteiger partial charge < -0.3 is 14.8 Å². The van der Waals surface area contributed by atoms with Gasteiger partial charge in [-0.15, -0.1) is 0 Å². The van der Waals surface area contributed by atoms with Crippen molar-refractivity contribution in [2.75, 3.05) is 19.5 Å². The number of nitrogens with one attached hydrogen (secondary N) is 1. The molecule has 1 aromatic carbocycles. The van der Waals surface area contributed by atoms with Crippen molar-refractivity contribution in [3.8, 4) is 17.6 Å². The Kier molecular flexibility index (Phi) is 4.27. The predicted octanol–water partition coefficient (Wildman–Crippen LogP) is 2.68. The zero-order chi connectivity index (χ0) is 12.1. The number of benzene rings is 1. The van der Waals surface area contributed by atoms with Gasteiger partial charge in [0, 0.05) is 12.1 Å². The molecular formula is C11H13ClN2O2. The van der Waals surface area contributed by atoms with Gasteiger partial charge >= 0.3 is 0 Å². The first-order chi connectivity index (χ1) is 7.62. The van der Waals surface area contributed by atoms with Crippen molar-refractivity contribution in [2.45, 2.75) is 13.0 Å². The topological polar surface area (TPSA) is 54.3 Å². The first-order valence-electron chi connectivity index (χ1n) is 4.70. The second-order valence-corrected chi connectivity index (χ2v) is 3.59. The summed E-state index contributed by atoms with van der Waals surface area (Å²) in [5.41, 5.74) is 0.679. The third-order valence-electron chi connectivity index (χ3n) is 2.04. The van der Waals surface area contributed by atoms with Crippen molar-refractivity contribution >= 4 is 17.3 Å². The van der Waals surface area contributed by atoms with Gasteiger partial charge in [-0.1, -0.05) is 11.6 Å². The van der Waals surface area contributed by atoms with Gasteiger partial charge in [0.25, 0.3) is 0 Å². The van der Waals surface area contributed by atoms with Crippen molar-refractivity contribution in [2.24, 2.45) is 0 Å². The lowest BCUT2D eigenvalue weighted by atomic mass is 10.2. The van der Waals surface area contributed by atoms with Crippen LogP contribution in [-0.4, -0.2) is 20.3 Å². The highest BCUT2D eigenvalue weighted by atomic mass is 35.5. The van der Waals surface area contributed by atoms with E-state index in [-0.39, 0.29) is 6.04 Å². The maximum absolute atomic E-state index is 8.73. The Morgan fingerprint density at radius 1 is 1.31 bits per heavy atom. The number of anilines is 1. The average Bonchev–Trinajstić information content (AvgIpc) is 2.30. The van der Waals surface area contributed by atoms with Gasteiger partial charge in [0.2, 0.25) is 0 Å². The molecule has 1 rings (SSSR count). The molecule has 1 N–H and O–H groups in total. The van der Waals surface area contributed by atoms with E-state index in [1.807, 2.05) is 0 Å². The Bertz CT molecular complexity index is 415. The Hall–Kier alpha value is -1.60. The molecule has 0 bridgehead atoms. The summed E-state index contributed by atoms with van der Waals surface area (Å²) in [7, 11) is 3.07. The average molecular weight is 241 g/mol. The molecule has 0 saturated heterocycles. The molecule has 86 valence electrons. The van der Waals surface area contributed by atoms with Gasteiger partial charge in [-0.2, -0.15) is 5.26 Å². The highest BCUT2D eigenvalue weighted by molar-refractivity contribution is 6.32. The minimum atomic E-state index is -0.320. The fraction of sp³-hybridized carbons (Fsp3) is 0.364. The summed E-state index contributed by atoms with van der Waals surface area (Å²) in [6.45, 7) is 1.75. The molecule has 0 aliphatic heterocycles. The van der Waals surface area contributed by atoms with E-state index in [2.05, 4.69) is 11.4 Å². The van der Waals surface area contributed by atoms with Gasteiger partial charge in [0.1, 0.15) is 17.5 Å². The van der Waals surface area contributed by atoms with E-state index in [4.69, 9.17) is 26.3 Å². The third kappa shape index (κ3) is 2.71. The summed E-state index contributed by atoms with van der Waals surface area (Å²) >= 11 is 5.95. The van der Waals surface area contributed by atoms with Gasteiger partial charge in [-0.05, 0) is 6.92 Å². The first-order valence-corrected chi connectivity index (χ1v) is 5.07. The molecule has 4 nitrogen and oxygen atoms in total. The summed E-state index contributed by atoms with van der Waals surface area (Å²) < 4.78 is 10.2. The summed E-state index contributed by atoms with van der Waals surface area (Å²) in [5.74, 6) is 1.11. The number of rotatable bonds is 4. The van der Waals surface area contributed by atoms with E-state index < -0.39 is 0 Å². The van der Waals surface area contributed by atoms with Crippen LogP contribution in [-0.2, 0) is 0 Å². The summed E-state index contributed by atoms with van der Waals surface area (Å²) in [6.07, 6.45) is 0. The number of halogens is 1. The Morgan fingerprint density at radius 2 is 1.94 bits per heavy atom. The van der Waals surface area contributed by atoms with Crippen molar-refractivity contribution in [3.63, 3.8) is 0 Å². The highest BCUT2D eigenvalue weighted by Gasteiger charge is 2.11. The fourth-order valence-corrected chi connectivity index (χ4v) is 1.47. The van der Waals surface area contributed by atoms with Gasteiger partial charge in [0.05, 0.1) is 31.0 Å². The van der Waals surface area contributed by atoms with Crippen LogP contribution in [0.3, 0.4) is 0 Å². The number of hydrogen-bond acceptors (Lipinski definition) is 4.